The third-order valence-corrected chi connectivity index (χ3v) is 6.68. The van der Waals surface area contributed by atoms with Gasteiger partial charge in [-0.15, -0.1) is 4.91 Å². The number of aliphatic hydroxyl groups is 3. The van der Waals surface area contributed by atoms with Crippen molar-refractivity contribution in [2.24, 2.45) is 22.7 Å². The van der Waals surface area contributed by atoms with Gasteiger partial charge in [0.1, 0.15) is 28.5 Å². The number of aromatic hydroxyl groups is 1. The molecular weight excluding hydrogens is 422 g/mol. The molecule has 3 aliphatic rings. The van der Waals surface area contributed by atoms with E-state index in [1.165, 1.54) is 11.0 Å². The first kappa shape index (κ1) is 21.7. The minimum atomic E-state index is -2.69. The lowest BCUT2D eigenvalue weighted by molar-refractivity contribution is -0.148. The number of hydrogen-bond acceptors (Lipinski definition) is 10. The molecule has 32 heavy (non-hydrogen) atoms. The number of likely N-dealkylation sites (N-methyl/N-ethyl adjacent to an activating group) is 1. The van der Waals surface area contributed by atoms with Crippen molar-refractivity contribution < 1.29 is 34.8 Å². The molecule has 0 saturated heterocycles. The van der Waals surface area contributed by atoms with Crippen LogP contribution in [-0.4, -0.2) is 68.5 Å². The number of amides is 1. The number of ketones is 2. The van der Waals surface area contributed by atoms with Gasteiger partial charge in [0.25, 0.3) is 5.91 Å². The first-order valence-electron chi connectivity index (χ1n) is 9.79. The van der Waals surface area contributed by atoms with Crippen LogP contribution in [0.3, 0.4) is 0 Å². The highest BCUT2D eigenvalue weighted by molar-refractivity contribution is 6.24. The summed E-state index contributed by atoms with van der Waals surface area (Å²) in [7, 11) is 3.08. The molecule has 11 heteroatoms. The lowest BCUT2D eigenvalue weighted by Gasteiger charge is -2.50. The Morgan fingerprint density at radius 2 is 1.88 bits per heavy atom. The number of allylic oxidation sites excluding steroid dienone is 1. The number of primary amides is 1. The monoisotopic (exact) mass is 443 g/mol. The molecule has 11 nitrogen and oxygen atoms in total. The maximum Gasteiger partial charge on any atom is 0.255 e. The molecule has 6 N–H and O–H groups in total. The number of aliphatic hydroxyl groups excluding tert-OH is 2. The quantitative estimate of drug-likeness (QED) is 0.327. The number of phenolic OH excluding ortho intramolecular Hbond substituents is 1. The van der Waals surface area contributed by atoms with Gasteiger partial charge in [0, 0.05) is 11.5 Å². The molecule has 4 rings (SSSR count). The summed E-state index contributed by atoms with van der Waals surface area (Å²) in [6.45, 7) is 0. The molecule has 0 aliphatic heterocycles. The van der Waals surface area contributed by atoms with Gasteiger partial charge in [0.2, 0.25) is 5.78 Å². The number of benzene rings is 1. The van der Waals surface area contributed by atoms with E-state index in [1.807, 2.05) is 0 Å². The topological polar surface area (TPSA) is 191 Å². The SMILES string of the molecule is CN(C)[C@@H]1C(O)=C(C(N)=O)C(=O)[C@@]2(O)C(O)=C3C(=O)c4c(O)ccc(N=O)c4CC3CC12. The smallest absolute Gasteiger partial charge is 0.255 e. The molecule has 1 aromatic rings. The van der Waals surface area contributed by atoms with Crippen LogP contribution in [0.2, 0.25) is 0 Å². The number of rotatable bonds is 3. The van der Waals surface area contributed by atoms with Crippen molar-refractivity contribution in [3.05, 3.63) is 50.8 Å². The Bertz CT molecular complexity index is 1170. The second kappa shape index (κ2) is 6.97. The third-order valence-electron chi connectivity index (χ3n) is 6.68. The first-order valence-corrected chi connectivity index (χ1v) is 9.79. The van der Waals surface area contributed by atoms with Crippen molar-refractivity contribution in [2.45, 2.75) is 24.5 Å². The first-order chi connectivity index (χ1) is 15.0. The molecule has 0 spiro atoms. The zero-order valence-electron chi connectivity index (χ0n) is 17.2. The van der Waals surface area contributed by atoms with Crippen LogP contribution >= 0.6 is 0 Å². The Kier molecular flexibility index (Phi) is 4.72. The van der Waals surface area contributed by atoms with Gasteiger partial charge in [0.05, 0.1) is 11.6 Å². The summed E-state index contributed by atoms with van der Waals surface area (Å²) in [5, 5.41) is 46.3. The summed E-state index contributed by atoms with van der Waals surface area (Å²) < 4.78 is 0. The molecule has 0 fully saturated rings. The number of carbonyl (C=O) groups excluding carboxylic acids is 3. The third kappa shape index (κ3) is 2.58. The Morgan fingerprint density at radius 1 is 1.22 bits per heavy atom. The van der Waals surface area contributed by atoms with E-state index < -0.39 is 63.8 Å². The summed E-state index contributed by atoms with van der Waals surface area (Å²) in [4.78, 5) is 51.0. The molecule has 2 unspecified atom stereocenters. The lowest BCUT2D eigenvalue weighted by atomic mass is 9.58. The fraction of sp³-hybridized carbons (Fsp3) is 0.381. The van der Waals surface area contributed by atoms with Gasteiger partial charge in [-0.3, -0.25) is 19.3 Å². The van der Waals surface area contributed by atoms with Crippen LogP contribution in [-0.2, 0) is 16.0 Å². The summed E-state index contributed by atoms with van der Waals surface area (Å²) >= 11 is 0. The van der Waals surface area contributed by atoms with Crippen LogP contribution in [0.25, 0.3) is 0 Å². The Labute approximate surface area is 181 Å². The normalized spacial score (nSPS) is 29.6. The molecule has 168 valence electrons. The van der Waals surface area contributed by atoms with Crippen molar-refractivity contribution in [3.63, 3.8) is 0 Å². The fourth-order valence-electron chi connectivity index (χ4n) is 5.32. The number of carbonyl (C=O) groups is 3. The molecule has 1 amide bonds. The van der Waals surface area contributed by atoms with Crippen molar-refractivity contribution in [1.82, 2.24) is 4.90 Å². The second-order valence-corrected chi connectivity index (χ2v) is 8.51. The van der Waals surface area contributed by atoms with Crippen molar-refractivity contribution >= 4 is 23.2 Å². The summed E-state index contributed by atoms with van der Waals surface area (Å²) in [5.41, 5.74) is 1.31. The number of nitrogens with zero attached hydrogens (tertiary/aromatic N) is 2. The average Bonchev–Trinajstić information content (AvgIpc) is 2.70. The van der Waals surface area contributed by atoms with Crippen LogP contribution in [0.15, 0.2) is 40.0 Å². The van der Waals surface area contributed by atoms with E-state index in [2.05, 4.69) is 5.18 Å². The standard InChI is InChI=1S/C21H21N3O8/c1-24(2)15-9-6-7-5-8-10(23-32)3-4-11(25)13(8)16(26)12(7)18(28)21(9,31)19(29)14(17(15)27)20(22)30/h3-4,7,9,15,25,27-28,31H,5-6H2,1-2H3,(H2,22,30)/t7?,9?,15-,21-/m0/s1. The lowest BCUT2D eigenvalue weighted by Crippen LogP contribution is -2.63. The fourth-order valence-corrected chi connectivity index (χ4v) is 5.32. The van der Waals surface area contributed by atoms with Gasteiger partial charge in [-0.05, 0) is 55.7 Å². The molecule has 0 saturated carbocycles. The van der Waals surface area contributed by atoms with E-state index >= 15 is 0 Å². The second-order valence-electron chi connectivity index (χ2n) is 8.51. The molecule has 0 aromatic heterocycles. The summed E-state index contributed by atoms with van der Waals surface area (Å²) in [5.74, 6) is -7.37. The summed E-state index contributed by atoms with van der Waals surface area (Å²) in [6.07, 6.45) is -0.0380. The highest BCUT2D eigenvalue weighted by Gasteiger charge is 2.63. The largest absolute Gasteiger partial charge is 0.510 e. The molecule has 3 aliphatic carbocycles. The van der Waals surface area contributed by atoms with Gasteiger partial charge in [0.15, 0.2) is 11.4 Å². The van der Waals surface area contributed by atoms with Crippen LogP contribution < -0.4 is 5.73 Å². The molecule has 0 heterocycles. The zero-order chi connectivity index (χ0) is 23.7. The maximum absolute atomic E-state index is 13.3. The van der Waals surface area contributed by atoms with E-state index in [4.69, 9.17) is 5.73 Å². The van der Waals surface area contributed by atoms with E-state index in [9.17, 15) is 39.7 Å². The molecular formula is C21H21N3O8. The number of hydrogen-bond donors (Lipinski definition) is 5. The maximum atomic E-state index is 13.3. The average molecular weight is 443 g/mol. The number of nitroso groups, excluding NO2 is 1. The minimum absolute atomic E-state index is 0.0179. The van der Waals surface area contributed by atoms with Gasteiger partial charge < -0.3 is 26.2 Å². The predicted octanol–water partition coefficient (Wildman–Crippen LogP) is 0.519. The molecule has 4 atom stereocenters. The van der Waals surface area contributed by atoms with Crippen LogP contribution in [0.4, 0.5) is 5.69 Å². The van der Waals surface area contributed by atoms with Crippen LogP contribution in [0.5, 0.6) is 5.75 Å². The van der Waals surface area contributed by atoms with Gasteiger partial charge in [-0.25, -0.2) is 0 Å². The van der Waals surface area contributed by atoms with Gasteiger partial charge in [-0.1, -0.05) is 0 Å². The van der Waals surface area contributed by atoms with Gasteiger partial charge in [-0.2, -0.15) is 0 Å². The Balaban J connectivity index is 1.99. The van der Waals surface area contributed by atoms with Crippen molar-refractivity contribution in [2.75, 3.05) is 14.1 Å². The van der Waals surface area contributed by atoms with Crippen molar-refractivity contribution in [3.8, 4) is 5.75 Å². The highest BCUT2D eigenvalue weighted by atomic mass is 16.3. The van der Waals surface area contributed by atoms with E-state index in [-0.39, 0.29) is 35.2 Å². The van der Waals surface area contributed by atoms with Gasteiger partial charge >= 0.3 is 0 Å². The molecule has 0 bridgehead atoms. The van der Waals surface area contributed by atoms with E-state index in [0.717, 1.165) is 6.07 Å². The number of fused-ring (bicyclic) bond motifs is 3. The Morgan fingerprint density at radius 3 is 2.44 bits per heavy atom. The zero-order valence-corrected chi connectivity index (χ0v) is 17.2. The van der Waals surface area contributed by atoms with Crippen LogP contribution in [0.1, 0.15) is 22.3 Å². The number of phenols is 1. The Hall–Kier alpha value is -3.57. The van der Waals surface area contributed by atoms with Crippen molar-refractivity contribution in [1.29, 1.82) is 0 Å². The van der Waals surface area contributed by atoms with Crippen LogP contribution in [0, 0.1) is 16.7 Å². The molecule has 0 radical (unpaired) electrons. The molecule has 1 aromatic carbocycles. The summed E-state index contributed by atoms with van der Waals surface area (Å²) in [6, 6.07) is 1.31. The highest BCUT2D eigenvalue weighted by Crippen LogP contribution is 2.52. The van der Waals surface area contributed by atoms with E-state index in [0.29, 0.717) is 0 Å². The number of nitrogens with two attached hydrogens (primary N) is 1. The minimum Gasteiger partial charge on any atom is -0.510 e. The predicted molar refractivity (Wildman–Crippen MR) is 109 cm³/mol. The van der Waals surface area contributed by atoms with E-state index in [1.54, 1.807) is 14.1 Å². The number of Topliss-reactive ketones (excluding diaryl/α,β-unsaturated/α-hetero) is 2.